The summed E-state index contributed by atoms with van der Waals surface area (Å²) in [6.07, 6.45) is 5.65. The van der Waals surface area contributed by atoms with Crippen molar-refractivity contribution >= 4 is 28.8 Å². The minimum atomic E-state index is -0.355. The first-order chi connectivity index (χ1) is 14.2. The van der Waals surface area contributed by atoms with Crippen LogP contribution in [0.3, 0.4) is 0 Å². The largest absolute Gasteiger partial charge is 0.328 e. The predicted molar refractivity (Wildman–Crippen MR) is 113 cm³/mol. The maximum Gasteiger partial charge on any atom is 0.165 e. The van der Waals surface area contributed by atoms with E-state index in [-0.39, 0.29) is 11.9 Å². The van der Waals surface area contributed by atoms with E-state index in [2.05, 4.69) is 9.88 Å². The summed E-state index contributed by atoms with van der Waals surface area (Å²) in [5, 5.41) is 3.22. The second kappa shape index (κ2) is 9.34. The summed E-state index contributed by atoms with van der Waals surface area (Å²) in [6.45, 7) is 3.72. The Kier molecular flexibility index (Phi) is 6.60. The first kappa shape index (κ1) is 20.5. The number of piperidine rings is 1. The van der Waals surface area contributed by atoms with Crippen molar-refractivity contribution in [2.45, 2.75) is 38.6 Å². The molecule has 0 spiro atoms. The Labute approximate surface area is 178 Å². The molecule has 1 aromatic heterocycles. The summed E-state index contributed by atoms with van der Waals surface area (Å²) in [5.41, 5.74) is 3.20. The van der Waals surface area contributed by atoms with E-state index in [1.807, 2.05) is 12.3 Å². The number of nitrogens with zero attached hydrogens (tertiary/aromatic N) is 3. The molecule has 8 heteroatoms. The summed E-state index contributed by atoms with van der Waals surface area (Å²) in [6, 6.07) is 4.22. The normalized spacial score (nSPS) is 19.3. The van der Waals surface area contributed by atoms with E-state index in [1.54, 1.807) is 23.6 Å². The standard InChI is InChI=1S/C21H23ClFN3O2S/c1-2-27-28-11-8-16-18-5-3-4-10-26(18)20(21-24-9-12-29-21)25-19(16)15-7-6-14(23)13-17(15)22/h6-7,9,12-13,19H,2-5,8,10-11H2,1H3. The lowest BCUT2D eigenvalue weighted by Crippen LogP contribution is -2.39. The van der Waals surface area contributed by atoms with E-state index in [0.717, 1.165) is 47.8 Å². The van der Waals surface area contributed by atoms with E-state index in [0.29, 0.717) is 24.7 Å². The molecule has 0 aliphatic carbocycles. The summed E-state index contributed by atoms with van der Waals surface area (Å²) < 4.78 is 13.7. The van der Waals surface area contributed by atoms with Gasteiger partial charge in [0.15, 0.2) is 10.8 Å². The predicted octanol–water partition coefficient (Wildman–Crippen LogP) is 5.54. The van der Waals surface area contributed by atoms with Crippen LogP contribution in [0.1, 0.15) is 49.2 Å². The maximum absolute atomic E-state index is 13.7. The zero-order valence-electron chi connectivity index (χ0n) is 16.2. The zero-order chi connectivity index (χ0) is 20.2. The molecule has 154 valence electrons. The highest BCUT2D eigenvalue weighted by Gasteiger charge is 2.34. The van der Waals surface area contributed by atoms with Crippen LogP contribution in [0.25, 0.3) is 0 Å². The molecule has 1 aromatic carbocycles. The molecular weight excluding hydrogens is 413 g/mol. The number of hydrogen-bond acceptors (Lipinski definition) is 6. The third kappa shape index (κ3) is 4.38. The second-order valence-corrected chi connectivity index (χ2v) is 8.22. The smallest absolute Gasteiger partial charge is 0.165 e. The molecule has 2 aromatic rings. The lowest BCUT2D eigenvalue weighted by Gasteiger charge is -2.39. The molecule has 0 bridgehead atoms. The zero-order valence-corrected chi connectivity index (χ0v) is 17.8. The topological polar surface area (TPSA) is 47.0 Å². The van der Waals surface area contributed by atoms with Gasteiger partial charge in [-0.25, -0.2) is 19.1 Å². The SMILES string of the molecule is CCOOCCC1=C2CCCCN2C(c2nccs2)=NC1c1ccc(F)cc1Cl. The monoisotopic (exact) mass is 435 g/mol. The van der Waals surface area contributed by atoms with E-state index >= 15 is 0 Å². The molecule has 5 nitrogen and oxygen atoms in total. The van der Waals surface area contributed by atoms with Gasteiger partial charge in [0.25, 0.3) is 0 Å². The van der Waals surface area contributed by atoms with Gasteiger partial charge in [-0.15, -0.1) is 11.3 Å². The van der Waals surface area contributed by atoms with Crippen LogP contribution in [0.2, 0.25) is 5.02 Å². The van der Waals surface area contributed by atoms with Gasteiger partial charge in [0.1, 0.15) is 11.9 Å². The van der Waals surface area contributed by atoms with Gasteiger partial charge in [0, 0.05) is 28.8 Å². The van der Waals surface area contributed by atoms with Crippen LogP contribution in [0.4, 0.5) is 4.39 Å². The highest BCUT2D eigenvalue weighted by Crippen LogP contribution is 2.42. The number of halogens is 2. The third-order valence-electron chi connectivity index (χ3n) is 5.12. The number of aliphatic imine (C=N–C) groups is 1. The van der Waals surface area contributed by atoms with Crippen molar-refractivity contribution < 1.29 is 14.2 Å². The van der Waals surface area contributed by atoms with Gasteiger partial charge in [-0.05, 0) is 55.9 Å². The first-order valence-corrected chi connectivity index (χ1v) is 11.1. The molecule has 0 N–H and O–H groups in total. The fourth-order valence-electron chi connectivity index (χ4n) is 3.89. The molecule has 1 fully saturated rings. The quantitative estimate of drug-likeness (QED) is 0.325. The van der Waals surface area contributed by atoms with E-state index in [1.165, 1.54) is 17.8 Å². The fraction of sp³-hybridized carbons (Fsp3) is 0.429. The summed E-state index contributed by atoms with van der Waals surface area (Å²) in [5.74, 6) is 0.515. The molecule has 2 aliphatic heterocycles. The van der Waals surface area contributed by atoms with Crippen molar-refractivity contribution in [1.29, 1.82) is 0 Å². The van der Waals surface area contributed by atoms with Crippen LogP contribution < -0.4 is 0 Å². The molecule has 2 aliphatic rings. The Bertz CT molecular complexity index is 917. The van der Waals surface area contributed by atoms with E-state index in [4.69, 9.17) is 26.4 Å². The van der Waals surface area contributed by atoms with Gasteiger partial charge in [-0.2, -0.15) is 0 Å². The van der Waals surface area contributed by atoms with Crippen molar-refractivity contribution in [3.05, 3.63) is 62.5 Å². The lowest BCUT2D eigenvalue weighted by atomic mass is 9.89. The number of amidine groups is 1. The fourth-order valence-corrected chi connectivity index (χ4v) is 4.80. The summed E-state index contributed by atoms with van der Waals surface area (Å²) in [7, 11) is 0. The number of hydrogen-bond donors (Lipinski definition) is 0. The Morgan fingerprint density at radius 2 is 2.21 bits per heavy atom. The van der Waals surface area contributed by atoms with Gasteiger partial charge in [0.2, 0.25) is 0 Å². The molecule has 0 amide bonds. The highest BCUT2D eigenvalue weighted by atomic mass is 35.5. The first-order valence-electron chi connectivity index (χ1n) is 9.85. The van der Waals surface area contributed by atoms with Crippen molar-refractivity contribution in [3.8, 4) is 0 Å². The van der Waals surface area contributed by atoms with Gasteiger partial charge in [0.05, 0.1) is 13.2 Å². The number of fused-ring (bicyclic) bond motifs is 1. The van der Waals surface area contributed by atoms with Gasteiger partial charge >= 0.3 is 0 Å². The maximum atomic E-state index is 13.7. The number of aromatic nitrogens is 1. The minimum Gasteiger partial charge on any atom is -0.328 e. The number of benzene rings is 1. The molecule has 4 rings (SSSR count). The van der Waals surface area contributed by atoms with Crippen LogP contribution in [0.5, 0.6) is 0 Å². The van der Waals surface area contributed by atoms with Crippen molar-refractivity contribution in [1.82, 2.24) is 9.88 Å². The highest BCUT2D eigenvalue weighted by molar-refractivity contribution is 7.11. The molecule has 29 heavy (non-hydrogen) atoms. The van der Waals surface area contributed by atoms with Crippen LogP contribution >= 0.6 is 22.9 Å². The summed E-state index contributed by atoms with van der Waals surface area (Å²) in [4.78, 5) is 22.2. The Morgan fingerprint density at radius 1 is 1.31 bits per heavy atom. The third-order valence-corrected chi connectivity index (χ3v) is 6.21. The Balaban J connectivity index is 1.77. The van der Waals surface area contributed by atoms with Crippen LogP contribution in [-0.4, -0.2) is 35.5 Å². The van der Waals surface area contributed by atoms with Crippen molar-refractivity contribution in [3.63, 3.8) is 0 Å². The van der Waals surface area contributed by atoms with E-state index in [9.17, 15) is 4.39 Å². The number of thiazole rings is 1. The van der Waals surface area contributed by atoms with Gasteiger partial charge in [-0.3, -0.25) is 4.99 Å². The number of allylic oxidation sites excluding steroid dienone is 1. The molecule has 3 heterocycles. The molecule has 1 saturated heterocycles. The Morgan fingerprint density at radius 3 is 2.97 bits per heavy atom. The minimum absolute atomic E-state index is 0.295. The van der Waals surface area contributed by atoms with E-state index < -0.39 is 0 Å². The van der Waals surface area contributed by atoms with Gasteiger partial charge < -0.3 is 4.90 Å². The van der Waals surface area contributed by atoms with Crippen molar-refractivity contribution in [2.75, 3.05) is 19.8 Å². The van der Waals surface area contributed by atoms with Crippen molar-refractivity contribution in [2.24, 2.45) is 4.99 Å². The molecule has 1 atom stereocenters. The number of rotatable bonds is 7. The van der Waals surface area contributed by atoms with Crippen LogP contribution in [0, 0.1) is 5.82 Å². The molecule has 0 saturated carbocycles. The average Bonchev–Trinajstić information content (AvgIpc) is 3.26. The second-order valence-electron chi connectivity index (χ2n) is 6.92. The molecule has 0 radical (unpaired) electrons. The molecule has 1 unspecified atom stereocenters. The lowest BCUT2D eigenvalue weighted by molar-refractivity contribution is -0.290. The van der Waals surface area contributed by atoms with Crippen LogP contribution in [0.15, 0.2) is 46.0 Å². The average molecular weight is 436 g/mol. The molecular formula is C21H23ClFN3O2S. The Hall–Kier alpha value is -1.80. The van der Waals surface area contributed by atoms with Gasteiger partial charge in [-0.1, -0.05) is 17.7 Å². The summed E-state index contributed by atoms with van der Waals surface area (Å²) >= 11 is 8.02. The van der Waals surface area contributed by atoms with Crippen LogP contribution in [-0.2, 0) is 9.78 Å².